The Kier molecular flexibility index (Phi) is 9.71. The van der Waals surface area contributed by atoms with Gasteiger partial charge in [0.05, 0.1) is 13.2 Å². The minimum atomic E-state index is -0.174. The lowest BCUT2D eigenvalue weighted by Gasteiger charge is -2.12. The summed E-state index contributed by atoms with van der Waals surface area (Å²) in [5, 5.41) is 8.78. The van der Waals surface area contributed by atoms with Gasteiger partial charge in [0.15, 0.2) is 0 Å². The molecule has 0 aliphatic carbocycles. The zero-order chi connectivity index (χ0) is 21.8. The Balaban J connectivity index is 1.82. The van der Waals surface area contributed by atoms with Gasteiger partial charge in [0.2, 0.25) is 5.91 Å². The Bertz CT molecular complexity index is 821. The lowest BCUT2D eigenvalue weighted by molar-refractivity contribution is -0.114. The average Bonchev–Trinajstić information content (AvgIpc) is 2.72. The summed E-state index contributed by atoms with van der Waals surface area (Å²) in [5.74, 6) is 0.442. The normalized spacial score (nSPS) is 10.5. The van der Waals surface area contributed by atoms with E-state index in [4.69, 9.17) is 4.74 Å². The molecule has 3 N–H and O–H groups in total. The summed E-state index contributed by atoms with van der Waals surface area (Å²) < 4.78 is 5.76. The Morgan fingerprint density at radius 3 is 2.50 bits per heavy atom. The molecule has 6 heteroatoms. The highest BCUT2D eigenvalue weighted by Gasteiger charge is 2.08. The minimum absolute atomic E-state index is 0.0657. The number of nitrogens with one attached hydrogen (secondary N) is 3. The molecule has 0 saturated carbocycles. The van der Waals surface area contributed by atoms with Crippen LogP contribution in [0.25, 0.3) is 0 Å². The number of unbranched alkanes of at least 4 members (excludes halogenated alkanes) is 3. The van der Waals surface area contributed by atoms with Crippen LogP contribution in [0.2, 0.25) is 0 Å². The van der Waals surface area contributed by atoms with E-state index in [1.54, 1.807) is 18.2 Å². The standard InChI is InChI=1S/C24H33N3O3/c1-4-5-6-7-14-30-22-13-9-12-21(16-22)27-23(28)17-25-20-11-8-10-19(15-20)24(29)26-18(2)3/h8-13,15-16,18,25H,4-7,14,17H2,1-3H3,(H,26,29)(H,27,28). The van der Waals surface area contributed by atoms with Crippen molar-refractivity contribution in [2.75, 3.05) is 23.8 Å². The number of amides is 2. The van der Waals surface area contributed by atoms with Crippen LogP contribution in [-0.4, -0.2) is 31.0 Å². The lowest BCUT2D eigenvalue weighted by atomic mass is 10.1. The van der Waals surface area contributed by atoms with Crippen LogP contribution in [0.15, 0.2) is 48.5 Å². The van der Waals surface area contributed by atoms with Gasteiger partial charge in [-0.1, -0.05) is 38.3 Å². The van der Waals surface area contributed by atoms with Crippen LogP contribution in [0, 0.1) is 0 Å². The van der Waals surface area contributed by atoms with Crippen molar-refractivity contribution in [2.45, 2.75) is 52.5 Å². The number of ether oxygens (including phenoxy) is 1. The summed E-state index contributed by atoms with van der Waals surface area (Å²) >= 11 is 0. The van der Waals surface area contributed by atoms with Crippen LogP contribution in [0.3, 0.4) is 0 Å². The Morgan fingerprint density at radius 1 is 0.967 bits per heavy atom. The van der Waals surface area contributed by atoms with E-state index in [0.717, 1.165) is 12.2 Å². The summed E-state index contributed by atoms with van der Waals surface area (Å²) in [4.78, 5) is 24.4. The maximum atomic E-state index is 12.3. The maximum absolute atomic E-state index is 12.3. The number of rotatable bonds is 12. The van der Waals surface area contributed by atoms with Gasteiger partial charge in [-0.15, -0.1) is 0 Å². The molecule has 0 atom stereocenters. The smallest absolute Gasteiger partial charge is 0.251 e. The van der Waals surface area contributed by atoms with Crippen LogP contribution in [-0.2, 0) is 4.79 Å². The van der Waals surface area contributed by atoms with E-state index in [1.165, 1.54) is 19.3 Å². The van der Waals surface area contributed by atoms with E-state index in [1.807, 2.05) is 44.2 Å². The maximum Gasteiger partial charge on any atom is 0.251 e. The zero-order valence-electron chi connectivity index (χ0n) is 18.2. The predicted molar refractivity (Wildman–Crippen MR) is 122 cm³/mol. The largest absolute Gasteiger partial charge is 0.494 e. The van der Waals surface area contributed by atoms with E-state index >= 15 is 0 Å². The topological polar surface area (TPSA) is 79.5 Å². The molecule has 0 aliphatic heterocycles. The van der Waals surface area contributed by atoms with Crippen molar-refractivity contribution in [3.63, 3.8) is 0 Å². The van der Waals surface area contributed by atoms with Crippen LogP contribution in [0.5, 0.6) is 5.75 Å². The summed E-state index contributed by atoms with van der Waals surface area (Å²) in [6.07, 6.45) is 4.62. The van der Waals surface area contributed by atoms with Gasteiger partial charge >= 0.3 is 0 Å². The van der Waals surface area contributed by atoms with E-state index < -0.39 is 0 Å². The third-order valence-corrected chi connectivity index (χ3v) is 4.38. The van der Waals surface area contributed by atoms with Gasteiger partial charge in [0, 0.05) is 29.0 Å². The number of carbonyl (C=O) groups is 2. The molecule has 0 aromatic heterocycles. The van der Waals surface area contributed by atoms with Crippen LogP contribution < -0.4 is 20.7 Å². The molecular formula is C24H33N3O3. The van der Waals surface area contributed by atoms with E-state index in [-0.39, 0.29) is 24.4 Å². The summed E-state index contributed by atoms with van der Waals surface area (Å²) in [6, 6.07) is 14.6. The van der Waals surface area contributed by atoms with Gasteiger partial charge in [-0.2, -0.15) is 0 Å². The van der Waals surface area contributed by atoms with E-state index in [2.05, 4.69) is 22.9 Å². The highest BCUT2D eigenvalue weighted by Crippen LogP contribution is 2.18. The molecule has 2 rings (SSSR count). The SMILES string of the molecule is CCCCCCOc1cccc(NC(=O)CNc2cccc(C(=O)NC(C)C)c2)c1. The molecule has 2 aromatic rings. The van der Waals surface area contributed by atoms with Crippen molar-refractivity contribution in [1.82, 2.24) is 5.32 Å². The summed E-state index contributed by atoms with van der Waals surface area (Å²) in [7, 11) is 0. The highest BCUT2D eigenvalue weighted by molar-refractivity contribution is 5.96. The average molecular weight is 412 g/mol. The number of carbonyl (C=O) groups excluding carboxylic acids is 2. The van der Waals surface area contributed by atoms with Crippen molar-refractivity contribution in [1.29, 1.82) is 0 Å². The first-order valence-corrected chi connectivity index (χ1v) is 10.7. The Hall–Kier alpha value is -3.02. The number of anilines is 2. The summed E-state index contributed by atoms with van der Waals surface area (Å²) in [6.45, 7) is 6.78. The zero-order valence-corrected chi connectivity index (χ0v) is 18.2. The van der Waals surface area contributed by atoms with Crippen LogP contribution in [0.4, 0.5) is 11.4 Å². The van der Waals surface area contributed by atoms with Crippen molar-refractivity contribution in [3.8, 4) is 5.75 Å². The van der Waals surface area contributed by atoms with Crippen molar-refractivity contribution < 1.29 is 14.3 Å². The molecule has 0 radical (unpaired) electrons. The molecular weight excluding hydrogens is 378 g/mol. The number of hydrogen-bond donors (Lipinski definition) is 3. The predicted octanol–water partition coefficient (Wildman–Crippen LogP) is 4.83. The third kappa shape index (κ3) is 8.55. The van der Waals surface area contributed by atoms with Crippen LogP contribution >= 0.6 is 0 Å². The lowest BCUT2D eigenvalue weighted by Crippen LogP contribution is -2.30. The molecule has 30 heavy (non-hydrogen) atoms. The van der Waals surface area contributed by atoms with Crippen molar-refractivity contribution >= 4 is 23.2 Å². The van der Waals surface area contributed by atoms with Crippen molar-refractivity contribution in [3.05, 3.63) is 54.1 Å². The van der Waals surface area contributed by atoms with Gasteiger partial charge < -0.3 is 20.7 Å². The monoisotopic (exact) mass is 411 g/mol. The first-order chi connectivity index (χ1) is 14.5. The van der Waals surface area contributed by atoms with Crippen molar-refractivity contribution in [2.24, 2.45) is 0 Å². The quantitative estimate of drug-likeness (QED) is 0.437. The first-order valence-electron chi connectivity index (χ1n) is 10.7. The van der Waals surface area contributed by atoms with Crippen LogP contribution in [0.1, 0.15) is 56.8 Å². The van der Waals surface area contributed by atoms with Gasteiger partial charge in [-0.25, -0.2) is 0 Å². The fourth-order valence-electron chi connectivity index (χ4n) is 2.89. The number of hydrogen-bond acceptors (Lipinski definition) is 4. The second kappa shape index (κ2) is 12.5. The number of benzene rings is 2. The van der Waals surface area contributed by atoms with Gasteiger partial charge in [-0.05, 0) is 50.6 Å². The molecule has 0 bridgehead atoms. The Morgan fingerprint density at radius 2 is 1.73 bits per heavy atom. The summed E-state index contributed by atoms with van der Waals surface area (Å²) in [5.41, 5.74) is 1.96. The molecule has 0 heterocycles. The molecule has 162 valence electrons. The molecule has 2 aromatic carbocycles. The highest BCUT2D eigenvalue weighted by atomic mass is 16.5. The Labute approximate surface area is 179 Å². The van der Waals surface area contributed by atoms with Gasteiger partial charge in [-0.3, -0.25) is 9.59 Å². The first kappa shape index (κ1) is 23.3. The minimum Gasteiger partial charge on any atom is -0.494 e. The second-order valence-electron chi connectivity index (χ2n) is 7.55. The second-order valence-corrected chi connectivity index (χ2v) is 7.55. The molecule has 0 unspecified atom stereocenters. The fraction of sp³-hybridized carbons (Fsp3) is 0.417. The third-order valence-electron chi connectivity index (χ3n) is 4.38. The van der Waals surface area contributed by atoms with Gasteiger partial charge in [0.25, 0.3) is 5.91 Å². The molecule has 0 fully saturated rings. The molecule has 2 amide bonds. The molecule has 6 nitrogen and oxygen atoms in total. The molecule has 0 aliphatic rings. The molecule has 0 spiro atoms. The van der Waals surface area contributed by atoms with E-state index in [0.29, 0.717) is 23.5 Å². The van der Waals surface area contributed by atoms with E-state index in [9.17, 15) is 9.59 Å². The molecule has 0 saturated heterocycles. The fourth-order valence-corrected chi connectivity index (χ4v) is 2.89. The van der Waals surface area contributed by atoms with Gasteiger partial charge in [0.1, 0.15) is 5.75 Å².